The maximum atomic E-state index is 6.17. The molecule has 1 aliphatic heterocycles. The second-order valence-electron chi connectivity index (χ2n) is 6.90. The van der Waals surface area contributed by atoms with Crippen LogP contribution in [-0.2, 0) is 6.42 Å². The number of nitrogens with two attached hydrogens (primary N) is 1. The molecule has 3 atom stereocenters. The highest BCUT2D eigenvalue weighted by molar-refractivity contribution is 5.28. The van der Waals surface area contributed by atoms with Gasteiger partial charge in [-0.3, -0.25) is 4.90 Å². The van der Waals surface area contributed by atoms with Crippen molar-refractivity contribution in [1.29, 1.82) is 0 Å². The predicted molar refractivity (Wildman–Crippen MR) is 88.7 cm³/mol. The number of methoxy groups -OCH3 is 1. The first kappa shape index (κ1) is 16.3. The summed E-state index contributed by atoms with van der Waals surface area (Å²) in [5, 5.41) is 0. The van der Waals surface area contributed by atoms with Crippen LogP contribution in [0.5, 0.6) is 5.75 Å². The van der Waals surface area contributed by atoms with Crippen molar-refractivity contribution in [2.24, 2.45) is 11.7 Å². The lowest BCUT2D eigenvalue weighted by Crippen LogP contribution is -2.58. The van der Waals surface area contributed by atoms with Gasteiger partial charge in [0, 0.05) is 18.1 Å². The van der Waals surface area contributed by atoms with Crippen LogP contribution >= 0.6 is 0 Å². The number of piperidine rings is 1. The van der Waals surface area contributed by atoms with E-state index in [1.165, 1.54) is 18.4 Å². The van der Waals surface area contributed by atoms with Crippen LogP contribution < -0.4 is 10.5 Å². The van der Waals surface area contributed by atoms with Crippen molar-refractivity contribution in [3.05, 3.63) is 29.8 Å². The topological polar surface area (TPSA) is 38.5 Å². The van der Waals surface area contributed by atoms with Gasteiger partial charge in [0.05, 0.1) is 7.11 Å². The molecule has 21 heavy (non-hydrogen) atoms. The highest BCUT2D eigenvalue weighted by Gasteiger charge is 2.36. The van der Waals surface area contributed by atoms with Crippen molar-refractivity contribution in [2.45, 2.75) is 51.6 Å². The Morgan fingerprint density at radius 2 is 1.95 bits per heavy atom. The largest absolute Gasteiger partial charge is 0.497 e. The van der Waals surface area contributed by atoms with Gasteiger partial charge in [-0.25, -0.2) is 0 Å². The summed E-state index contributed by atoms with van der Waals surface area (Å²) in [5.74, 6) is 1.74. The van der Waals surface area contributed by atoms with Crippen LogP contribution in [0.2, 0.25) is 0 Å². The van der Waals surface area contributed by atoms with Gasteiger partial charge in [-0.1, -0.05) is 19.1 Å². The SMILES string of the molecule is COc1ccc(CC(C)(CN)N2CCC(C)CC2C)cc1. The van der Waals surface area contributed by atoms with Crippen molar-refractivity contribution in [3.8, 4) is 5.75 Å². The minimum Gasteiger partial charge on any atom is -0.497 e. The lowest BCUT2D eigenvalue weighted by atomic mass is 9.84. The van der Waals surface area contributed by atoms with Crippen molar-refractivity contribution < 1.29 is 4.74 Å². The number of hydrogen-bond donors (Lipinski definition) is 1. The minimum atomic E-state index is 0.0359. The lowest BCUT2D eigenvalue weighted by Gasteiger charge is -2.48. The number of nitrogens with zero attached hydrogens (tertiary/aromatic N) is 1. The van der Waals surface area contributed by atoms with Gasteiger partial charge in [-0.2, -0.15) is 0 Å². The zero-order valence-electron chi connectivity index (χ0n) is 13.9. The van der Waals surface area contributed by atoms with Gasteiger partial charge >= 0.3 is 0 Å². The normalized spacial score (nSPS) is 26.3. The third kappa shape index (κ3) is 3.78. The van der Waals surface area contributed by atoms with Crippen LogP contribution in [-0.4, -0.2) is 36.7 Å². The van der Waals surface area contributed by atoms with Gasteiger partial charge in [0.25, 0.3) is 0 Å². The number of benzene rings is 1. The third-order valence-electron chi connectivity index (χ3n) is 5.02. The molecule has 1 fully saturated rings. The molecule has 3 nitrogen and oxygen atoms in total. The molecule has 2 rings (SSSR count). The quantitative estimate of drug-likeness (QED) is 0.905. The molecule has 0 spiro atoms. The van der Waals surface area contributed by atoms with Gasteiger partial charge in [-0.05, 0) is 63.3 Å². The van der Waals surface area contributed by atoms with Crippen LogP contribution in [0.15, 0.2) is 24.3 Å². The molecule has 0 saturated carbocycles. The first-order valence-corrected chi connectivity index (χ1v) is 8.08. The van der Waals surface area contributed by atoms with E-state index in [2.05, 4.69) is 37.8 Å². The van der Waals surface area contributed by atoms with E-state index in [1.807, 2.05) is 12.1 Å². The number of hydrogen-bond acceptors (Lipinski definition) is 3. The van der Waals surface area contributed by atoms with Crippen molar-refractivity contribution in [2.75, 3.05) is 20.2 Å². The first-order valence-electron chi connectivity index (χ1n) is 8.08. The molecule has 2 N–H and O–H groups in total. The van der Waals surface area contributed by atoms with E-state index >= 15 is 0 Å². The van der Waals surface area contributed by atoms with Crippen molar-refractivity contribution in [3.63, 3.8) is 0 Å². The average Bonchev–Trinajstić information content (AvgIpc) is 2.47. The van der Waals surface area contributed by atoms with Crippen LogP contribution in [0.4, 0.5) is 0 Å². The highest BCUT2D eigenvalue weighted by Crippen LogP contribution is 2.31. The average molecular weight is 290 g/mol. The second-order valence-corrected chi connectivity index (χ2v) is 6.90. The molecule has 0 aliphatic carbocycles. The molecule has 0 radical (unpaired) electrons. The maximum Gasteiger partial charge on any atom is 0.118 e. The van der Waals surface area contributed by atoms with Crippen LogP contribution in [0.1, 0.15) is 39.2 Å². The van der Waals surface area contributed by atoms with Gasteiger partial charge in [0.15, 0.2) is 0 Å². The molecule has 0 amide bonds. The summed E-state index contributed by atoms with van der Waals surface area (Å²) in [6.07, 6.45) is 3.55. The Morgan fingerprint density at radius 3 is 2.48 bits per heavy atom. The van der Waals surface area contributed by atoms with Gasteiger partial charge in [0.1, 0.15) is 5.75 Å². The summed E-state index contributed by atoms with van der Waals surface area (Å²) in [4.78, 5) is 2.62. The fourth-order valence-corrected chi connectivity index (χ4v) is 3.68. The van der Waals surface area contributed by atoms with Gasteiger partial charge in [-0.15, -0.1) is 0 Å². The number of ether oxygens (including phenoxy) is 1. The monoisotopic (exact) mass is 290 g/mol. The van der Waals surface area contributed by atoms with E-state index < -0.39 is 0 Å². The Bertz CT molecular complexity index is 445. The Balaban J connectivity index is 2.12. The smallest absolute Gasteiger partial charge is 0.118 e. The number of likely N-dealkylation sites (tertiary alicyclic amines) is 1. The Kier molecular flexibility index (Phi) is 5.28. The van der Waals surface area contributed by atoms with Crippen LogP contribution in [0.3, 0.4) is 0 Å². The summed E-state index contributed by atoms with van der Waals surface area (Å²) in [7, 11) is 1.70. The predicted octanol–water partition coefficient (Wildman–Crippen LogP) is 3.08. The summed E-state index contributed by atoms with van der Waals surface area (Å²) >= 11 is 0. The first-order chi connectivity index (χ1) is 9.98. The minimum absolute atomic E-state index is 0.0359. The fraction of sp³-hybridized carbons (Fsp3) is 0.667. The molecular weight excluding hydrogens is 260 g/mol. The van der Waals surface area contributed by atoms with Gasteiger partial charge in [0.2, 0.25) is 0 Å². The molecule has 1 aliphatic rings. The third-order valence-corrected chi connectivity index (χ3v) is 5.02. The molecule has 0 aromatic heterocycles. The lowest BCUT2D eigenvalue weighted by molar-refractivity contribution is 0.0257. The molecule has 1 aromatic carbocycles. The standard InChI is InChI=1S/C18H30N2O/c1-14-9-10-20(15(2)11-14)18(3,13-19)12-16-5-7-17(21-4)8-6-16/h5-8,14-15H,9-13,19H2,1-4H3. The molecule has 3 heteroatoms. The summed E-state index contributed by atoms with van der Waals surface area (Å²) < 4.78 is 5.24. The van der Waals surface area contributed by atoms with E-state index in [0.29, 0.717) is 12.6 Å². The van der Waals surface area contributed by atoms with Crippen LogP contribution in [0, 0.1) is 5.92 Å². The molecule has 118 valence electrons. The van der Waals surface area contributed by atoms with E-state index in [0.717, 1.165) is 24.6 Å². The Hall–Kier alpha value is -1.06. The molecule has 0 bridgehead atoms. The maximum absolute atomic E-state index is 6.17. The molecule has 1 aromatic rings. The Labute approximate surface area is 129 Å². The Morgan fingerprint density at radius 1 is 1.29 bits per heavy atom. The van der Waals surface area contributed by atoms with E-state index in [-0.39, 0.29) is 5.54 Å². The summed E-state index contributed by atoms with van der Waals surface area (Å²) in [6.45, 7) is 8.86. The van der Waals surface area contributed by atoms with Crippen molar-refractivity contribution >= 4 is 0 Å². The number of rotatable bonds is 5. The molecule has 3 unspecified atom stereocenters. The summed E-state index contributed by atoms with van der Waals surface area (Å²) in [6, 6.07) is 9.00. The van der Waals surface area contributed by atoms with Crippen LogP contribution in [0.25, 0.3) is 0 Å². The zero-order chi connectivity index (χ0) is 15.5. The van der Waals surface area contributed by atoms with E-state index in [9.17, 15) is 0 Å². The molecule has 1 saturated heterocycles. The fourth-order valence-electron chi connectivity index (χ4n) is 3.68. The highest BCUT2D eigenvalue weighted by atomic mass is 16.5. The van der Waals surface area contributed by atoms with E-state index in [4.69, 9.17) is 10.5 Å². The summed E-state index contributed by atoms with van der Waals surface area (Å²) in [5.41, 5.74) is 7.54. The second kappa shape index (κ2) is 6.80. The van der Waals surface area contributed by atoms with Gasteiger partial charge < -0.3 is 10.5 Å². The molecule has 1 heterocycles. The van der Waals surface area contributed by atoms with E-state index in [1.54, 1.807) is 7.11 Å². The zero-order valence-corrected chi connectivity index (χ0v) is 13.9. The van der Waals surface area contributed by atoms with Crippen molar-refractivity contribution in [1.82, 2.24) is 4.90 Å². The molecular formula is C18H30N2O.